The van der Waals surface area contributed by atoms with Crippen molar-refractivity contribution in [3.05, 3.63) is 64.6 Å². The molecule has 1 saturated heterocycles. The molecule has 1 atom stereocenters. The minimum absolute atomic E-state index is 0.429. The van der Waals surface area contributed by atoms with E-state index >= 15 is 0 Å². The summed E-state index contributed by atoms with van der Waals surface area (Å²) >= 11 is 0. The molecule has 4 aromatic rings. The highest BCUT2D eigenvalue weighted by Crippen LogP contribution is 2.45. The first-order valence-corrected chi connectivity index (χ1v) is 11.8. The lowest BCUT2D eigenvalue weighted by Crippen LogP contribution is -2.47. The van der Waals surface area contributed by atoms with E-state index in [0.717, 1.165) is 53.2 Å². The molecule has 2 N–H and O–H groups in total. The maximum atomic E-state index is 12.6. The van der Waals surface area contributed by atoms with E-state index in [2.05, 4.69) is 21.2 Å². The lowest BCUT2D eigenvalue weighted by molar-refractivity contribution is -0.253. The molecule has 2 fully saturated rings. The van der Waals surface area contributed by atoms with E-state index in [4.69, 9.17) is 19.0 Å². The Morgan fingerprint density at radius 3 is 2.53 bits per heavy atom. The summed E-state index contributed by atoms with van der Waals surface area (Å²) in [5, 5.41) is 16.7. The van der Waals surface area contributed by atoms with Gasteiger partial charge in [-0.05, 0) is 63.8 Å². The molecule has 1 unspecified atom stereocenters. The van der Waals surface area contributed by atoms with Crippen LogP contribution >= 0.6 is 0 Å². The predicted octanol–water partition coefficient (Wildman–Crippen LogP) is 4.41. The number of H-pyrrole nitrogens is 1. The summed E-state index contributed by atoms with van der Waals surface area (Å²) in [7, 11) is 0. The smallest absolute Gasteiger partial charge is 0.195 e. The van der Waals surface area contributed by atoms with Crippen LogP contribution in [0, 0.1) is 20.8 Å². The van der Waals surface area contributed by atoms with Gasteiger partial charge in [-0.3, -0.25) is 4.98 Å². The average molecular weight is 461 g/mol. The maximum absolute atomic E-state index is 12.6. The second-order valence-electron chi connectivity index (χ2n) is 9.35. The van der Waals surface area contributed by atoms with Gasteiger partial charge in [-0.2, -0.15) is 0 Å². The molecule has 4 heterocycles. The van der Waals surface area contributed by atoms with E-state index in [1.165, 1.54) is 0 Å². The Kier molecular flexibility index (Phi) is 5.05. The number of nitrogens with zero attached hydrogens (tertiary/aromatic N) is 3. The molecule has 0 amide bonds. The van der Waals surface area contributed by atoms with Gasteiger partial charge in [-0.15, -0.1) is 0 Å². The summed E-state index contributed by atoms with van der Waals surface area (Å²) in [5.74, 6) is 2.09. The number of aliphatic hydroxyl groups is 1. The molecule has 176 valence electrons. The van der Waals surface area contributed by atoms with Crippen LogP contribution < -0.4 is 0 Å². The van der Waals surface area contributed by atoms with Crippen molar-refractivity contribution in [1.29, 1.82) is 0 Å². The molecule has 3 aromatic heterocycles. The number of pyridine rings is 1. The Bertz CT molecular complexity index is 1350. The van der Waals surface area contributed by atoms with Crippen LogP contribution in [0.4, 0.5) is 0 Å². The highest BCUT2D eigenvalue weighted by molar-refractivity contribution is 5.87. The Morgan fingerprint density at radius 2 is 1.85 bits per heavy atom. The second kappa shape index (κ2) is 8.01. The first-order chi connectivity index (χ1) is 16.5. The highest BCUT2D eigenvalue weighted by Gasteiger charge is 2.47. The van der Waals surface area contributed by atoms with Crippen molar-refractivity contribution in [3.63, 3.8) is 0 Å². The van der Waals surface area contributed by atoms with E-state index < -0.39 is 11.9 Å². The summed E-state index contributed by atoms with van der Waals surface area (Å²) in [4.78, 5) is 12.9. The van der Waals surface area contributed by atoms with Crippen LogP contribution in [0.3, 0.4) is 0 Å². The number of fused-ring (bicyclic) bond motifs is 1. The van der Waals surface area contributed by atoms with Crippen LogP contribution in [0.1, 0.15) is 59.3 Å². The largest absolute Gasteiger partial charge is 0.375 e. The third-order valence-corrected chi connectivity index (χ3v) is 6.89. The Balaban J connectivity index is 1.66. The highest BCUT2D eigenvalue weighted by atomic mass is 16.7. The lowest BCUT2D eigenvalue weighted by atomic mass is 9.82. The van der Waals surface area contributed by atoms with Crippen molar-refractivity contribution in [1.82, 2.24) is 20.1 Å². The summed E-state index contributed by atoms with van der Waals surface area (Å²) < 4.78 is 17.5. The lowest BCUT2D eigenvalue weighted by Gasteiger charge is -2.39. The molecule has 1 aliphatic carbocycles. The van der Waals surface area contributed by atoms with E-state index in [1.54, 1.807) is 6.20 Å². The number of hydrogen-bond donors (Lipinski definition) is 2. The van der Waals surface area contributed by atoms with Crippen LogP contribution in [0.15, 0.2) is 35.0 Å². The molecule has 2 aliphatic rings. The number of nitrogens with one attached hydrogen (secondary N) is 1. The summed E-state index contributed by atoms with van der Waals surface area (Å²) in [6, 6.07) is 7.74. The first kappa shape index (κ1) is 21.5. The number of ether oxygens (including phenoxy) is 2. The monoisotopic (exact) mass is 460 g/mol. The van der Waals surface area contributed by atoms with Crippen LogP contribution in [0.5, 0.6) is 0 Å². The van der Waals surface area contributed by atoms with Crippen LogP contribution in [0.25, 0.3) is 22.2 Å². The fourth-order valence-corrected chi connectivity index (χ4v) is 5.03. The zero-order chi connectivity index (χ0) is 23.4. The predicted molar refractivity (Wildman–Crippen MR) is 125 cm³/mol. The molecule has 1 saturated carbocycles. The van der Waals surface area contributed by atoms with Crippen molar-refractivity contribution >= 4 is 11.0 Å². The third kappa shape index (κ3) is 3.36. The number of hydrogen-bond acceptors (Lipinski definition) is 7. The number of aryl methyl sites for hydroxylation is 3. The van der Waals surface area contributed by atoms with Gasteiger partial charge in [0.15, 0.2) is 11.9 Å². The minimum Gasteiger partial charge on any atom is -0.375 e. The summed E-state index contributed by atoms with van der Waals surface area (Å²) in [6.07, 6.45) is 3.84. The molecular weight excluding hydrogens is 432 g/mol. The SMILES string of the molecule is Cc1ncccc1C(O)(c1cc(-c2c(C)noc2C)cc2[nH]c(C3CC3)nc12)C1OCCCO1. The van der Waals surface area contributed by atoms with Gasteiger partial charge in [-0.1, -0.05) is 11.2 Å². The van der Waals surface area contributed by atoms with Gasteiger partial charge in [0.2, 0.25) is 0 Å². The maximum Gasteiger partial charge on any atom is 0.195 e. The number of aromatic nitrogens is 4. The molecule has 1 aliphatic heterocycles. The van der Waals surface area contributed by atoms with Crippen LogP contribution in [-0.4, -0.2) is 44.7 Å². The van der Waals surface area contributed by atoms with Crippen molar-refractivity contribution in [2.24, 2.45) is 0 Å². The third-order valence-electron chi connectivity index (χ3n) is 6.89. The summed E-state index contributed by atoms with van der Waals surface area (Å²) in [6.45, 7) is 6.72. The van der Waals surface area contributed by atoms with Crippen molar-refractivity contribution < 1.29 is 19.1 Å². The van der Waals surface area contributed by atoms with E-state index in [1.807, 2.05) is 39.0 Å². The van der Waals surface area contributed by atoms with Crippen molar-refractivity contribution in [3.8, 4) is 11.1 Å². The fourth-order valence-electron chi connectivity index (χ4n) is 5.03. The first-order valence-electron chi connectivity index (χ1n) is 11.8. The standard InChI is InChI=1S/C26H28N4O4/c1-14-19(6-4-9-27-14)26(31,25-32-10-5-11-33-25)20-12-18(22-15(2)30-34-16(22)3)13-21-23(20)29-24(28-21)17-7-8-17/h4,6,9,12-13,17,25,31H,5,7-8,10-11H2,1-3H3,(H,28,29). The molecule has 8 nitrogen and oxygen atoms in total. The molecule has 8 heteroatoms. The van der Waals surface area contributed by atoms with E-state index in [0.29, 0.717) is 41.5 Å². The number of rotatable bonds is 5. The average Bonchev–Trinajstić information content (AvgIpc) is 3.53. The van der Waals surface area contributed by atoms with E-state index in [-0.39, 0.29) is 0 Å². The Morgan fingerprint density at radius 1 is 1.06 bits per heavy atom. The van der Waals surface area contributed by atoms with Crippen molar-refractivity contribution in [2.75, 3.05) is 13.2 Å². The molecule has 1 aromatic carbocycles. The number of aromatic amines is 1. The van der Waals surface area contributed by atoms with Crippen LogP contribution in [0.2, 0.25) is 0 Å². The Labute approximate surface area is 197 Å². The van der Waals surface area contributed by atoms with E-state index in [9.17, 15) is 5.11 Å². The molecule has 6 rings (SSSR count). The van der Waals surface area contributed by atoms with Gasteiger partial charge < -0.3 is 24.1 Å². The second-order valence-corrected chi connectivity index (χ2v) is 9.35. The van der Waals surface area contributed by atoms with Gasteiger partial charge in [0.1, 0.15) is 11.6 Å². The molecule has 0 spiro atoms. The Hall–Kier alpha value is -3.07. The molecular formula is C26H28N4O4. The molecule has 0 radical (unpaired) electrons. The van der Waals surface area contributed by atoms with Gasteiger partial charge in [0.25, 0.3) is 0 Å². The number of benzene rings is 1. The fraction of sp³-hybridized carbons (Fsp3) is 0.423. The van der Waals surface area contributed by atoms with Crippen molar-refractivity contribution in [2.45, 2.75) is 57.8 Å². The number of imidazole rings is 1. The van der Waals surface area contributed by atoms with Gasteiger partial charge in [0.05, 0.1) is 29.9 Å². The summed E-state index contributed by atoms with van der Waals surface area (Å²) in [5.41, 5.74) is 4.48. The van der Waals surface area contributed by atoms with Gasteiger partial charge >= 0.3 is 0 Å². The zero-order valence-electron chi connectivity index (χ0n) is 19.6. The zero-order valence-corrected chi connectivity index (χ0v) is 19.6. The normalized spacial score (nSPS) is 18.9. The van der Waals surface area contributed by atoms with Gasteiger partial charge in [-0.25, -0.2) is 4.98 Å². The molecule has 0 bridgehead atoms. The van der Waals surface area contributed by atoms with Crippen LogP contribution in [-0.2, 0) is 15.1 Å². The minimum atomic E-state index is -1.62. The van der Waals surface area contributed by atoms with Gasteiger partial charge in [0, 0.05) is 34.5 Å². The quantitative estimate of drug-likeness (QED) is 0.454. The molecule has 34 heavy (non-hydrogen) atoms. The topological polar surface area (TPSA) is 106 Å².